The maximum absolute atomic E-state index is 11.5. The Labute approximate surface area is 152 Å². The Morgan fingerprint density at radius 1 is 1.18 bits per heavy atom. The van der Waals surface area contributed by atoms with Gasteiger partial charge in [0.1, 0.15) is 5.78 Å². The van der Waals surface area contributed by atoms with Gasteiger partial charge < -0.3 is 4.43 Å². The summed E-state index contributed by atoms with van der Waals surface area (Å²) in [5.41, 5.74) is 0. The molecular weight excluding hydrogens is 403 g/mol. The number of carbonyl (C=O) groups is 1. The second-order valence-corrected chi connectivity index (χ2v) is 14.6. The van der Waals surface area contributed by atoms with Crippen LogP contribution in [0.4, 0.5) is 0 Å². The first-order valence-corrected chi connectivity index (χ1v) is 12.3. The summed E-state index contributed by atoms with van der Waals surface area (Å²) in [6.45, 7) is 19.5. The lowest BCUT2D eigenvalue weighted by molar-refractivity contribution is -0.120. The van der Waals surface area contributed by atoms with E-state index >= 15 is 0 Å². The molecule has 0 aliphatic carbocycles. The first-order valence-electron chi connectivity index (χ1n) is 8.30. The Balaban J connectivity index is 5.10. The second-order valence-electron chi connectivity index (χ2n) is 8.12. The smallest absolute Gasteiger partial charge is 0.192 e. The lowest BCUT2D eigenvalue weighted by Crippen LogP contribution is -2.45. The first-order chi connectivity index (χ1) is 9.78. The molecule has 0 bridgehead atoms. The van der Waals surface area contributed by atoms with E-state index in [9.17, 15) is 4.79 Å². The summed E-state index contributed by atoms with van der Waals surface area (Å²) in [5, 5.41) is 0.209. The summed E-state index contributed by atoms with van der Waals surface area (Å²) >= 11 is 2.36. The normalized spacial score (nSPS) is 18.0. The third kappa shape index (κ3) is 7.73. The maximum atomic E-state index is 11.5. The van der Waals surface area contributed by atoms with Crippen LogP contribution >= 0.6 is 22.6 Å². The fraction of sp³-hybridized carbons (Fsp3) is 0.833. The van der Waals surface area contributed by atoms with Gasteiger partial charge in [0.05, 0.1) is 6.10 Å². The van der Waals surface area contributed by atoms with Crippen LogP contribution in [0.5, 0.6) is 0 Å². The molecule has 0 aliphatic heterocycles. The number of hydrogen-bond donors (Lipinski definition) is 0. The molecule has 2 nitrogen and oxygen atoms in total. The minimum atomic E-state index is -1.80. The third-order valence-electron chi connectivity index (χ3n) is 4.91. The van der Waals surface area contributed by atoms with Crippen LogP contribution < -0.4 is 0 Å². The van der Waals surface area contributed by atoms with E-state index in [1.54, 1.807) is 6.92 Å². The van der Waals surface area contributed by atoms with Crippen molar-refractivity contribution in [1.82, 2.24) is 0 Å². The van der Waals surface area contributed by atoms with E-state index in [4.69, 9.17) is 4.43 Å². The summed E-state index contributed by atoms with van der Waals surface area (Å²) in [6, 6.07) is 0. The van der Waals surface area contributed by atoms with Crippen molar-refractivity contribution in [2.45, 2.75) is 85.5 Å². The molecule has 0 saturated carbocycles. The molecule has 0 aromatic rings. The number of Topliss-reactive ketones (excluding diaryl/α,β-unsaturated/α-hetero) is 1. The fourth-order valence-corrected chi connectivity index (χ4v) is 4.08. The van der Waals surface area contributed by atoms with Gasteiger partial charge in [0.25, 0.3) is 0 Å². The van der Waals surface area contributed by atoms with Gasteiger partial charge in [-0.25, -0.2) is 0 Å². The zero-order valence-electron chi connectivity index (χ0n) is 15.9. The molecule has 0 unspecified atom stereocenters. The van der Waals surface area contributed by atoms with Crippen LogP contribution in [0, 0.1) is 11.8 Å². The average Bonchev–Trinajstić information content (AvgIpc) is 2.31. The largest absolute Gasteiger partial charge is 0.413 e. The van der Waals surface area contributed by atoms with Crippen molar-refractivity contribution in [3.05, 3.63) is 9.66 Å². The van der Waals surface area contributed by atoms with Gasteiger partial charge in [0, 0.05) is 5.92 Å². The molecular formula is C18H35IO2Si. The van der Waals surface area contributed by atoms with Gasteiger partial charge in [-0.2, -0.15) is 0 Å². The number of halogens is 1. The highest BCUT2D eigenvalue weighted by Gasteiger charge is 2.39. The van der Waals surface area contributed by atoms with Crippen molar-refractivity contribution in [1.29, 1.82) is 0 Å². The molecule has 0 saturated heterocycles. The van der Waals surface area contributed by atoms with Crippen molar-refractivity contribution in [2.24, 2.45) is 11.8 Å². The van der Waals surface area contributed by atoms with E-state index in [0.29, 0.717) is 5.92 Å². The topological polar surface area (TPSA) is 26.3 Å². The molecule has 0 aliphatic rings. The van der Waals surface area contributed by atoms with Crippen LogP contribution in [0.1, 0.15) is 61.3 Å². The van der Waals surface area contributed by atoms with Gasteiger partial charge in [0.15, 0.2) is 8.32 Å². The molecule has 0 heterocycles. The number of rotatable bonds is 8. The van der Waals surface area contributed by atoms with Gasteiger partial charge in [-0.1, -0.05) is 40.7 Å². The van der Waals surface area contributed by atoms with Crippen molar-refractivity contribution < 1.29 is 9.22 Å². The zero-order valence-corrected chi connectivity index (χ0v) is 19.1. The molecule has 0 radical (unpaired) electrons. The van der Waals surface area contributed by atoms with E-state index < -0.39 is 8.32 Å². The quantitative estimate of drug-likeness (QED) is 0.326. The number of carbonyl (C=O) groups excluding carboxylic acids is 1. The summed E-state index contributed by atoms with van der Waals surface area (Å²) in [7, 11) is -1.80. The summed E-state index contributed by atoms with van der Waals surface area (Å²) in [4.78, 5) is 11.5. The van der Waals surface area contributed by atoms with Gasteiger partial charge in [-0.15, -0.1) is 0 Å². The Morgan fingerprint density at radius 3 is 2.05 bits per heavy atom. The van der Waals surface area contributed by atoms with Crippen LogP contribution in [0.3, 0.4) is 0 Å². The van der Waals surface area contributed by atoms with E-state index in [-0.39, 0.29) is 22.8 Å². The van der Waals surface area contributed by atoms with Crippen LogP contribution in [0.25, 0.3) is 0 Å². The SMILES string of the molecule is CC(=O)[C@H](C)CC[C@@H](O[Si](C)(C)C(C)(C)C)[C@@H](C)/C=C(\C)I. The fourth-order valence-electron chi connectivity index (χ4n) is 2.07. The minimum absolute atomic E-state index is 0.127. The van der Waals surface area contributed by atoms with Crippen LogP contribution in [0.15, 0.2) is 9.66 Å². The molecule has 0 aromatic carbocycles. The second kappa shape index (κ2) is 8.97. The molecule has 22 heavy (non-hydrogen) atoms. The Hall–Kier alpha value is 0.317. The monoisotopic (exact) mass is 438 g/mol. The summed E-state index contributed by atoms with van der Waals surface area (Å²) < 4.78 is 7.97. The highest BCUT2D eigenvalue weighted by molar-refractivity contribution is 14.1. The molecule has 0 fully saturated rings. The van der Waals surface area contributed by atoms with E-state index in [2.05, 4.69) is 76.4 Å². The van der Waals surface area contributed by atoms with E-state index in [0.717, 1.165) is 12.8 Å². The lowest BCUT2D eigenvalue weighted by Gasteiger charge is -2.41. The van der Waals surface area contributed by atoms with Gasteiger partial charge >= 0.3 is 0 Å². The van der Waals surface area contributed by atoms with E-state index in [1.165, 1.54) is 3.58 Å². The van der Waals surface area contributed by atoms with Gasteiger partial charge in [0.2, 0.25) is 0 Å². The molecule has 0 amide bonds. The van der Waals surface area contributed by atoms with Crippen LogP contribution in [0.2, 0.25) is 18.1 Å². The van der Waals surface area contributed by atoms with Crippen molar-refractivity contribution >= 4 is 36.7 Å². The highest BCUT2D eigenvalue weighted by atomic mass is 127. The highest BCUT2D eigenvalue weighted by Crippen LogP contribution is 2.39. The van der Waals surface area contributed by atoms with E-state index in [1.807, 2.05) is 6.92 Å². The Morgan fingerprint density at radius 2 is 1.68 bits per heavy atom. The first kappa shape index (κ1) is 22.3. The molecule has 130 valence electrons. The maximum Gasteiger partial charge on any atom is 0.192 e. The standard InChI is InChI=1S/C18H35IO2Si/c1-13(16(4)20)10-11-17(14(2)12-15(3)19)21-22(8,9)18(5,6)7/h12-14,17H,10-11H2,1-9H3/b15-12+/t13-,14+,17-/m1/s1. The minimum Gasteiger partial charge on any atom is -0.413 e. The summed E-state index contributed by atoms with van der Waals surface area (Å²) in [5.74, 6) is 0.784. The molecule has 0 rings (SSSR count). The van der Waals surface area contributed by atoms with Crippen LogP contribution in [-0.4, -0.2) is 20.2 Å². The van der Waals surface area contributed by atoms with Crippen LogP contribution in [-0.2, 0) is 9.22 Å². The predicted octanol–water partition coefficient (Wildman–Crippen LogP) is 6.36. The molecule has 0 N–H and O–H groups in total. The zero-order chi connectivity index (χ0) is 17.7. The van der Waals surface area contributed by atoms with Gasteiger partial charge in [-0.3, -0.25) is 4.79 Å². The molecule has 0 aromatic heterocycles. The van der Waals surface area contributed by atoms with Crippen molar-refractivity contribution in [3.63, 3.8) is 0 Å². The number of ketones is 1. The Kier molecular flexibility index (Phi) is 9.10. The Bertz CT molecular complexity index is 392. The molecule has 4 heteroatoms. The number of allylic oxidation sites excluding steroid dienone is 1. The average molecular weight is 438 g/mol. The molecule has 0 spiro atoms. The van der Waals surface area contributed by atoms with Crippen molar-refractivity contribution in [2.75, 3.05) is 0 Å². The third-order valence-corrected chi connectivity index (χ3v) is 9.77. The molecule has 3 atom stereocenters. The summed E-state index contributed by atoms with van der Waals surface area (Å²) in [6.07, 6.45) is 4.35. The number of hydrogen-bond acceptors (Lipinski definition) is 2. The van der Waals surface area contributed by atoms with Crippen molar-refractivity contribution in [3.8, 4) is 0 Å². The lowest BCUT2D eigenvalue weighted by atomic mass is 9.94. The predicted molar refractivity (Wildman–Crippen MR) is 108 cm³/mol. The van der Waals surface area contributed by atoms with Gasteiger partial charge in [-0.05, 0) is 76.9 Å².